The summed E-state index contributed by atoms with van der Waals surface area (Å²) in [6, 6.07) is 8.07. The van der Waals surface area contributed by atoms with Crippen LogP contribution in [0.25, 0.3) is 0 Å². The molecule has 1 atom stereocenters. The van der Waals surface area contributed by atoms with Crippen LogP contribution >= 0.6 is 0 Å². The van der Waals surface area contributed by atoms with E-state index in [-0.39, 0.29) is 6.04 Å². The van der Waals surface area contributed by atoms with Crippen LogP contribution in [0, 0.1) is 0 Å². The fraction of sp³-hybridized carbons (Fsp3) is 0.333. The van der Waals surface area contributed by atoms with Gasteiger partial charge in [-0.15, -0.1) is 0 Å². The van der Waals surface area contributed by atoms with Gasteiger partial charge in [0.05, 0.1) is 6.04 Å². The molecule has 0 saturated heterocycles. The Kier molecular flexibility index (Phi) is 3.01. The molecule has 3 N–H and O–H groups in total. The van der Waals surface area contributed by atoms with Crippen molar-refractivity contribution in [3.05, 3.63) is 47.5 Å². The molecule has 0 bridgehead atoms. The van der Waals surface area contributed by atoms with Crippen molar-refractivity contribution in [2.75, 3.05) is 0 Å². The Balaban J connectivity index is 2.22. The molecule has 2 rings (SSSR count). The predicted molar refractivity (Wildman–Crippen MR) is 62.9 cm³/mol. The third-order valence-corrected chi connectivity index (χ3v) is 2.69. The second kappa shape index (κ2) is 4.45. The van der Waals surface area contributed by atoms with E-state index in [4.69, 9.17) is 5.73 Å². The lowest BCUT2D eigenvalue weighted by atomic mass is 9.99. The van der Waals surface area contributed by atoms with Crippen molar-refractivity contribution < 1.29 is 0 Å². The van der Waals surface area contributed by atoms with Crippen molar-refractivity contribution in [1.82, 2.24) is 15.2 Å². The molecule has 84 valence electrons. The van der Waals surface area contributed by atoms with Crippen LogP contribution in [-0.4, -0.2) is 15.2 Å². The van der Waals surface area contributed by atoms with Gasteiger partial charge in [0.25, 0.3) is 0 Å². The van der Waals surface area contributed by atoms with E-state index in [1.807, 2.05) is 12.1 Å². The van der Waals surface area contributed by atoms with E-state index < -0.39 is 0 Å². The zero-order valence-corrected chi connectivity index (χ0v) is 9.51. The first-order valence-corrected chi connectivity index (χ1v) is 5.39. The van der Waals surface area contributed by atoms with Crippen LogP contribution in [0.2, 0.25) is 0 Å². The minimum atomic E-state index is -0.233. The molecular weight excluding hydrogens is 200 g/mol. The first-order valence-electron chi connectivity index (χ1n) is 5.39. The number of nitrogens with two attached hydrogens (primary N) is 1. The highest BCUT2D eigenvalue weighted by molar-refractivity contribution is 5.29. The van der Waals surface area contributed by atoms with E-state index in [1.54, 1.807) is 0 Å². The van der Waals surface area contributed by atoms with Gasteiger partial charge in [-0.3, -0.25) is 5.10 Å². The Morgan fingerprint density at radius 2 is 1.75 bits per heavy atom. The first kappa shape index (κ1) is 10.8. The molecule has 0 spiro atoms. The van der Waals surface area contributed by atoms with E-state index in [0.717, 1.165) is 5.56 Å². The summed E-state index contributed by atoms with van der Waals surface area (Å²) in [6.07, 6.45) is 1.47. The van der Waals surface area contributed by atoms with Gasteiger partial charge in [0.1, 0.15) is 12.2 Å². The Bertz CT molecular complexity index is 431. The fourth-order valence-electron chi connectivity index (χ4n) is 1.61. The lowest BCUT2D eigenvalue weighted by Gasteiger charge is -2.11. The summed E-state index contributed by atoms with van der Waals surface area (Å²) < 4.78 is 0. The molecule has 0 fully saturated rings. The van der Waals surface area contributed by atoms with Gasteiger partial charge in [0.15, 0.2) is 0 Å². The number of nitrogens with one attached hydrogen (secondary N) is 1. The smallest absolute Gasteiger partial charge is 0.145 e. The average molecular weight is 216 g/mol. The van der Waals surface area contributed by atoms with E-state index in [2.05, 4.69) is 41.2 Å². The maximum Gasteiger partial charge on any atom is 0.145 e. The molecule has 1 unspecified atom stereocenters. The molecule has 0 aliphatic carbocycles. The number of aromatic amines is 1. The van der Waals surface area contributed by atoms with Crippen LogP contribution in [0.3, 0.4) is 0 Å². The number of hydrogen-bond acceptors (Lipinski definition) is 3. The maximum atomic E-state index is 6.05. The average Bonchev–Trinajstić information content (AvgIpc) is 2.81. The lowest BCUT2D eigenvalue weighted by Crippen LogP contribution is -2.13. The fourth-order valence-corrected chi connectivity index (χ4v) is 1.61. The molecule has 1 aromatic carbocycles. The summed E-state index contributed by atoms with van der Waals surface area (Å²) in [5, 5.41) is 6.59. The summed E-state index contributed by atoms with van der Waals surface area (Å²) in [4.78, 5) is 4.06. The molecule has 0 aliphatic rings. The number of hydrogen-bond donors (Lipinski definition) is 2. The number of benzene rings is 1. The molecule has 0 aliphatic heterocycles. The summed E-state index contributed by atoms with van der Waals surface area (Å²) in [6.45, 7) is 4.34. The van der Waals surface area contributed by atoms with Crippen LogP contribution in [-0.2, 0) is 0 Å². The molecule has 4 nitrogen and oxygen atoms in total. The SMILES string of the molecule is CC(C)c1ccc(C(N)c2ncn[nH]2)cc1. The lowest BCUT2D eigenvalue weighted by molar-refractivity contribution is 0.784. The number of nitrogens with zero attached hydrogens (tertiary/aromatic N) is 2. The van der Waals surface area contributed by atoms with Gasteiger partial charge < -0.3 is 5.73 Å². The van der Waals surface area contributed by atoms with Crippen molar-refractivity contribution in [3.63, 3.8) is 0 Å². The number of rotatable bonds is 3. The third-order valence-electron chi connectivity index (χ3n) is 2.69. The number of H-pyrrole nitrogens is 1. The topological polar surface area (TPSA) is 67.6 Å². The number of aromatic nitrogens is 3. The van der Waals surface area contributed by atoms with E-state index in [1.165, 1.54) is 11.9 Å². The highest BCUT2D eigenvalue weighted by atomic mass is 15.2. The Morgan fingerprint density at radius 1 is 1.12 bits per heavy atom. The molecular formula is C12H16N4. The van der Waals surface area contributed by atoms with Crippen LogP contribution in [0.5, 0.6) is 0 Å². The summed E-state index contributed by atoms with van der Waals surface area (Å²) in [5.41, 5.74) is 8.41. The second-order valence-corrected chi connectivity index (χ2v) is 4.17. The summed E-state index contributed by atoms with van der Waals surface area (Å²) >= 11 is 0. The van der Waals surface area contributed by atoms with E-state index in [9.17, 15) is 0 Å². The van der Waals surface area contributed by atoms with Gasteiger partial charge in [-0.25, -0.2) is 4.98 Å². The largest absolute Gasteiger partial charge is 0.318 e. The van der Waals surface area contributed by atoms with Gasteiger partial charge in [0, 0.05) is 0 Å². The molecule has 1 aromatic heterocycles. The van der Waals surface area contributed by atoms with Gasteiger partial charge >= 0.3 is 0 Å². The summed E-state index contributed by atoms with van der Waals surface area (Å²) in [7, 11) is 0. The van der Waals surface area contributed by atoms with Crippen molar-refractivity contribution >= 4 is 0 Å². The monoisotopic (exact) mass is 216 g/mol. The van der Waals surface area contributed by atoms with Gasteiger partial charge in [-0.05, 0) is 17.0 Å². The van der Waals surface area contributed by atoms with Gasteiger partial charge in [0.2, 0.25) is 0 Å². The molecule has 4 heteroatoms. The van der Waals surface area contributed by atoms with Crippen LogP contribution in [0.1, 0.15) is 42.8 Å². The van der Waals surface area contributed by atoms with E-state index >= 15 is 0 Å². The van der Waals surface area contributed by atoms with Crippen molar-refractivity contribution in [3.8, 4) is 0 Å². The summed E-state index contributed by atoms with van der Waals surface area (Å²) in [5.74, 6) is 1.23. The second-order valence-electron chi connectivity index (χ2n) is 4.17. The maximum absolute atomic E-state index is 6.05. The third kappa shape index (κ3) is 2.12. The minimum Gasteiger partial charge on any atom is -0.318 e. The molecule has 0 saturated carbocycles. The normalized spacial score (nSPS) is 13.0. The van der Waals surface area contributed by atoms with Crippen molar-refractivity contribution in [2.24, 2.45) is 5.73 Å². The zero-order valence-electron chi connectivity index (χ0n) is 9.51. The van der Waals surface area contributed by atoms with Gasteiger partial charge in [-0.1, -0.05) is 38.1 Å². The highest BCUT2D eigenvalue weighted by Crippen LogP contribution is 2.19. The Morgan fingerprint density at radius 3 is 2.25 bits per heavy atom. The van der Waals surface area contributed by atoms with Crippen LogP contribution in [0.15, 0.2) is 30.6 Å². The standard InChI is InChI=1S/C12H16N4/c1-8(2)9-3-5-10(6-4-9)11(13)12-14-7-15-16-12/h3-8,11H,13H2,1-2H3,(H,14,15,16). The van der Waals surface area contributed by atoms with Gasteiger partial charge in [-0.2, -0.15) is 5.10 Å². The van der Waals surface area contributed by atoms with Crippen molar-refractivity contribution in [2.45, 2.75) is 25.8 Å². The molecule has 0 amide bonds. The van der Waals surface area contributed by atoms with Crippen LogP contribution in [0.4, 0.5) is 0 Å². The quantitative estimate of drug-likeness (QED) is 0.824. The van der Waals surface area contributed by atoms with Crippen LogP contribution < -0.4 is 5.73 Å². The molecule has 16 heavy (non-hydrogen) atoms. The predicted octanol–water partition coefficient (Wildman–Crippen LogP) is 1.98. The minimum absolute atomic E-state index is 0.233. The molecule has 2 aromatic rings. The van der Waals surface area contributed by atoms with Crippen molar-refractivity contribution in [1.29, 1.82) is 0 Å². The molecule has 1 heterocycles. The molecule has 0 radical (unpaired) electrons. The zero-order chi connectivity index (χ0) is 11.5. The van der Waals surface area contributed by atoms with E-state index in [0.29, 0.717) is 11.7 Å². The first-order chi connectivity index (χ1) is 7.68. The Hall–Kier alpha value is -1.68. The highest BCUT2D eigenvalue weighted by Gasteiger charge is 2.11. The Labute approximate surface area is 94.9 Å².